The summed E-state index contributed by atoms with van der Waals surface area (Å²) in [5, 5.41) is 8.40. The maximum absolute atomic E-state index is 14.1. The van der Waals surface area contributed by atoms with Gasteiger partial charge in [0.15, 0.2) is 0 Å². The third-order valence-electron chi connectivity index (χ3n) is 8.27. The normalized spacial score (nSPS) is 20.1. The minimum atomic E-state index is -0.466. The lowest BCUT2D eigenvalue weighted by molar-refractivity contribution is -0.139. The maximum Gasteiger partial charge on any atom is 0.245 e. The van der Waals surface area contributed by atoms with Gasteiger partial charge >= 0.3 is 0 Å². The van der Waals surface area contributed by atoms with Crippen molar-refractivity contribution in [3.05, 3.63) is 66.4 Å². The van der Waals surface area contributed by atoms with Gasteiger partial charge in [-0.1, -0.05) is 61.7 Å². The van der Waals surface area contributed by atoms with Gasteiger partial charge in [0.25, 0.3) is 0 Å². The molecule has 1 saturated carbocycles. The molecule has 1 aliphatic heterocycles. The molecule has 2 fully saturated rings. The van der Waals surface area contributed by atoms with E-state index in [0.717, 1.165) is 72.7 Å². The van der Waals surface area contributed by atoms with Gasteiger partial charge in [0, 0.05) is 23.7 Å². The summed E-state index contributed by atoms with van der Waals surface area (Å²) in [6, 6.07) is 18.0. The quantitative estimate of drug-likeness (QED) is 0.467. The Labute approximate surface area is 219 Å². The molecular formula is C31H38N4O2. The predicted molar refractivity (Wildman–Crippen MR) is 148 cm³/mol. The number of benzene rings is 2. The van der Waals surface area contributed by atoms with Crippen molar-refractivity contribution in [3.63, 3.8) is 0 Å². The molecule has 37 heavy (non-hydrogen) atoms. The average molecular weight is 499 g/mol. The number of amides is 2. The Morgan fingerprint density at radius 3 is 2.51 bits per heavy atom. The number of hydrogen-bond acceptors (Lipinski definition) is 4. The van der Waals surface area contributed by atoms with Crippen LogP contribution in [-0.4, -0.2) is 47.4 Å². The number of likely N-dealkylation sites (N-methyl/N-ethyl adjacent to an activating group) is 1. The van der Waals surface area contributed by atoms with Crippen LogP contribution in [0.5, 0.6) is 0 Å². The zero-order valence-electron chi connectivity index (χ0n) is 22.0. The Kier molecular flexibility index (Phi) is 7.85. The molecule has 3 atom stereocenters. The van der Waals surface area contributed by atoms with E-state index in [-0.39, 0.29) is 29.8 Å². The lowest BCUT2D eigenvalue weighted by Crippen LogP contribution is -2.55. The fourth-order valence-corrected chi connectivity index (χ4v) is 6.03. The van der Waals surface area contributed by atoms with Crippen molar-refractivity contribution in [2.45, 2.75) is 70.0 Å². The molecule has 194 valence electrons. The summed E-state index contributed by atoms with van der Waals surface area (Å²) in [6.07, 6.45) is 9.18. The molecule has 3 aromatic rings. The number of pyridine rings is 1. The number of rotatable bonds is 7. The Morgan fingerprint density at radius 2 is 1.76 bits per heavy atom. The summed E-state index contributed by atoms with van der Waals surface area (Å²) in [5.74, 6) is 0.160. The second-order valence-corrected chi connectivity index (χ2v) is 10.6. The van der Waals surface area contributed by atoms with E-state index in [0.29, 0.717) is 0 Å². The van der Waals surface area contributed by atoms with Gasteiger partial charge in [-0.3, -0.25) is 14.6 Å². The van der Waals surface area contributed by atoms with Crippen LogP contribution in [0.15, 0.2) is 60.8 Å². The number of hydrogen-bond donors (Lipinski definition) is 2. The number of likely N-dealkylation sites (tertiary alicyclic amines) is 1. The van der Waals surface area contributed by atoms with Crippen LogP contribution in [0.1, 0.15) is 63.5 Å². The van der Waals surface area contributed by atoms with E-state index in [4.69, 9.17) is 4.98 Å². The molecular weight excluding hydrogens is 460 g/mol. The van der Waals surface area contributed by atoms with Crippen molar-refractivity contribution in [2.24, 2.45) is 5.92 Å². The highest BCUT2D eigenvalue weighted by Crippen LogP contribution is 2.37. The van der Waals surface area contributed by atoms with Gasteiger partial charge in [-0.15, -0.1) is 0 Å². The first kappa shape index (κ1) is 25.4. The van der Waals surface area contributed by atoms with Crippen molar-refractivity contribution in [1.29, 1.82) is 0 Å². The molecule has 6 heteroatoms. The molecule has 1 aliphatic carbocycles. The van der Waals surface area contributed by atoms with Crippen LogP contribution in [0.3, 0.4) is 0 Å². The SMILES string of the molecule is CNC(C)C(=O)N[C@H](C(=O)N1CCCC1c1ccc2ccnc(-c3ccccc3)c2c1)C1CCCCC1. The highest BCUT2D eigenvalue weighted by atomic mass is 16.2. The van der Waals surface area contributed by atoms with Crippen LogP contribution in [-0.2, 0) is 9.59 Å². The third kappa shape index (κ3) is 5.40. The van der Waals surface area contributed by atoms with E-state index in [1.807, 2.05) is 42.3 Å². The van der Waals surface area contributed by atoms with E-state index in [1.54, 1.807) is 7.05 Å². The summed E-state index contributed by atoms with van der Waals surface area (Å²) in [7, 11) is 1.77. The highest BCUT2D eigenvalue weighted by Gasteiger charge is 2.39. The van der Waals surface area contributed by atoms with Crippen LogP contribution >= 0.6 is 0 Å². The summed E-state index contributed by atoms with van der Waals surface area (Å²) in [4.78, 5) is 33.7. The van der Waals surface area contributed by atoms with Crippen molar-refractivity contribution >= 4 is 22.6 Å². The number of nitrogens with zero attached hydrogens (tertiary/aromatic N) is 2. The predicted octanol–water partition coefficient (Wildman–Crippen LogP) is 5.24. The minimum absolute atomic E-state index is 0.00504. The standard InChI is InChI=1S/C31H38N4O2/c1-21(32-2)30(36)34-29(24-12-7-4-8-13-24)31(37)35-19-9-14-27(35)25-16-15-22-17-18-33-28(26(22)20-25)23-10-5-3-6-11-23/h3,5-6,10-11,15-18,20-21,24,27,29,32H,4,7-9,12-14,19H2,1-2H3,(H,34,36)/t21?,27?,29-/m0/s1. The molecule has 0 radical (unpaired) electrons. The van der Waals surface area contributed by atoms with E-state index in [2.05, 4.69) is 41.0 Å². The van der Waals surface area contributed by atoms with Gasteiger partial charge in [-0.05, 0) is 68.7 Å². The van der Waals surface area contributed by atoms with Crippen molar-refractivity contribution < 1.29 is 9.59 Å². The summed E-state index contributed by atoms with van der Waals surface area (Å²) in [5.41, 5.74) is 3.19. The molecule has 1 saturated heterocycles. The van der Waals surface area contributed by atoms with Gasteiger partial charge in [-0.2, -0.15) is 0 Å². The molecule has 2 aliphatic rings. The van der Waals surface area contributed by atoms with Gasteiger partial charge in [0.05, 0.1) is 17.8 Å². The number of nitrogens with one attached hydrogen (secondary N) is 2. The smallest absolute Gasteiger partial charge is 0.245 e. The Hall–Kier alpha value is -3.25. The Morgan fingerprint density at radius 1 is 0.973 bits per heavy atom. The maximum atomic E-state index is 14.1. The second-order valence-electron chi connectivity index (χ2n) is 10.6. The first-order valence-electron chi connectivity index (χ1n) is 13.8. The average Bonchev–Trinajstić information content (AvgIpc) is 3.45. The van der Waals surface area contributed by atoms with Crippen LogP contribution < -0.4 is 10.6 Å². The minimum Gasteiger partial charge on any atom is -0.343 e. The van der Waals surface area contributed by atoms with E-state index in [1.165, 1.54) is 6.42 Å². The van der Waals surface area contributed by atoms with Crippen molar-refractivity contribution in [1.82, 2.24) is 20.5 Å². The molecule has 0 bridgehead atoms. The van der Waals surface area contributed by atoms with Crippen LogP contribution in [0.4, 0.5) is 0 Å². The third-order valence-corrected chi connectivity index (χ3v) is 8.27. The van der Waals surface area contributed by atoms with Crippen LogP contribution in [0.25, 0.3) is 22.0 Å². The molecule has 2 aromatic carbocycles. The lowest BCUT2D eigenvalue weighted by Gasteiger charge is -2.35. The van der Waals surface area contributed by atoms with Gasteiger partial charge in [0.1, 0.15) is 6.04 Å². The van der Waals surface area contributed by atoms with E-state index >= 15 is 0 Å². The number of fused-ring (bicyclic) bond motifs is 1. The molecule has 5 rings (SSSR count). The number of aromatic nitrogens is 1. The molecule has 2 amide bonds. The Balaban J connectivity index is 1.46. The summed E-state index contributed by atoms with van der Waals surface area (Å²) < 4.78 is 0. The van der Waals surface area contributed by atoms with Crippen LogP contribution in [0.2, 0.25) is 0 Å². The molecule has 2 heterocycles. The molecule has 2 unspecified atom stereocenters. The van der Waals surface area contributed by atoms with Crippen LogP contribution in [0, 0.1) is 5.92 Å². The van der Waals surface area contributed by atoms with E-state index < -0.39 is 6.04 Å². The fourth-order valence-electron chi connectivity index (χ4n) is 6.03. The molecule has 6 nitrogen and oxygen atoms in total. The second kappa shape index (κ2) is 11.4. The van der Waals surface area contributed by atoms with Gasteiger partial charge in [0.2, 0.25) is 11.8 Å². The fraction of sp³-hybridized carbons (Fsp3) is 0.452. The lowest BCUT2D eigenvalue weighted by atomic mass is 9.83. The van der Waals surface area contributed by atoms with Gasteiger partial charge < -0.3 is 15.5 Å². The first-order chi connectivity index (χ1) is 18.1. The highest BCUT2D eigenvalue weighted by molar-refractivity contribution is 5.95. The monoisotopic (exact) mass is 498 g/mol. The largest absolute Gasteiger partial charge is 0.343 e. The zero-order valence-corrected chi connectivity index (χ0v) is 22.0. The summed E-state index contributed by atoms with van der Waals surface area (Å²) >= 11 is 0. The molecule has 0 spiro atoms. The number of carbonyl (C=O) groups excluding carboxylic acids is 2. The molecule has 2 N–H and O–H groups in total. The summed E-state index contributed by atoms with van der Waals surface area (Å²) in [6.45, 7) is 2.56. The van der Waals surface area contributed by atoms with Crippen molar-refractivity contribution in [2.75, 3.05) is 13.6 Å². The van der Waals surface area contributed by atoms with Gasteiger partial charge in [-0.25, -0.2) is 0 Å². The van der Waals surface area contributed by atoms with Crippen molar-refractivity contribution in [3.8, 4) is 11.3 Å². The first-order valence-corrected chi connectivity index (χ1v) is 13.8. The number of carbonyl (C=O) groups is 2. The zero-order chi connectivity index (χ0) is 25.8. The Bertz CT molecular complexity index is 1240. The molecule has 1 aromatic heterocycles. The van der Waals surface area contributed by atoms with E-state index in [9.17, 15) is 9.59 Å². The topological polar surface area (TPSA) is 74.3 Å².